The topological polar surface area (TPSA) is 139 Å². The summed E-state index contributed by atoms with van der Waals surface area (Å²) in [7, 11) is 1.36. The van der Waals surface area contributed by atoms with Crippen molar-refractivity contribution in [2.45, 2.75) is 50.9 Å². The molecule has 1 aliphatic rings. The zero-order valence-corrected chi connectivity index (χ0v) is 13.0. The fourth-order valence-corrected chi connectivity index (χ4v) is 2.76. The largest absolute Gasteiger partial charge is 0.391 e. The highest BCUT2D eigenvalue weighted by atomic mass is 16.3. The molecule has 0 bridgehead atoms. The van der Waals surface area contributed by atoms with Crippen LogP contribution in [-0.4, -0.2) is 58.0 Å². The Kier molecular flexibility index (Phi) is 4.36. The van der Waals surface area contributed by atoms with Gasteiger partial charge in [0, 0.05) is 13.0 Å². The fraction of sp³-hybridized carbons (Fsp3) is 0.769. The number of nitrogens with two attached hydrogens (primary N) is 2. The third-order valence-electron chi connectivity index (χ3n) is 4.56. The van der Waals surface area contributed by atoms with E-state index in [1.165, 1.54) is 14.0 Å². The SMILES string of the molecule is CC1C(C)(N)C(=O)NC1(C)C(=O)N(C)[C@H](C(N)=O)[C@@H](C)O. The van der Waals surface area contributed by atoms with E-state index in [1.807, 2.05) is 0 Å². The Morgan fingerprint density at radius 2 is 1.90 bits per heavy atom. The highest BCUT2D eigenvalue weighted by Crippen LogP contribution is 2.35. The third-order valence-corrected chi connectivity index (χ3v) is 4.56. The van der Waals surface area contributed by atoms with Gasteiger partial charge in [0.2, 0.25) is 17.7 Å². The smallest absolute Gasteiger partial charge is 0.248 e. The van der Waals surface area contributed by atoms with E-state index in [4.69, 9.17) is 11.5 Å². The quantitative estimate of drug-likeness (QED) is 0.472. The molecule has 3 unspecified atom stereocenters. The Balaban J connectivity index is 3.13. The number of carbonyl (C=O) groups is 3. The van der Waals surface area contributed by atoms with Crippen molar-refractivity contribution in [1.29, 1.82) is 0 Å². The van der Waals surface area contributed by atoms with Gasteiger partial charge in [-0.1, -0.05) is 6.92 Å². The van der Waals surface area contributed by atoms with Crippen LogP contribution in [-0.2, 0) is 14.4 Å². The molecule has 0 aromatic rings. The summed E-state index contributed by atoms with van der Waals surface area (Å²) in [6.45, 7) is 6.15. The second-order valence-corrected chi connectivity index (χ2v) is 6.16. The number of aliphatic hydroxyl groups excluding tert-OH is 1. The predicted molar refractivity (Wildman–Crippen MR) is 75.7 cm³/mol. The number of nitrogens with zero attached hydrogens (tertiary/aromatic N) is 1. The van der Waals surface area contributed by atoms with Gasteiger partial charge in [-0.15, -0.1) is 0 Å². The van der Waals surface area contributed by atoms with Crippen LogP contribution in [0.2, 0.25) is 0 Å². The van der Waals surface area contributed by atoms with Crippen LogP contribution in [0.3, 0.4) is 0 Å². The molecule has 1 heterocycles. The van der Waals surface area contributed by atoms with E-state index in [-0.39, 0.29) is 0 Å². The maximum Gasteiger partial charge on any atom is 0.248 e. The standard InChI is InChI=1S/C13H24N4O4/c1-6(18)8(9(14)19)17(5)11(21)13(4)7(2)12(3,15)10(20)16-13/h6-8,18H,15H2,1-5H3,(H2,14,19)(H,16,20)/t6-,7?,8+,12?,13?/m1/s1. The van der Waals surface area contributed by atoms with Gasteiger partial charge in [0.05, 0.1) is 11.6 Å². The molecule has 8 nitrogen and oxygen atoms in total. The van der Waals surface area contributed by atoms with Gasteiger partial charge in [0.15, 0.2) is 0 Å². The number of carbonyl (C=O) groups excluding carboxylic acids is 3. The molecular weight excluding hydrogens is 276 g/mol. The Morgan fingerprint density at radius 1 is 1.43 bits per heavy atom. The number of hydrogen-bond acceptors (Lipinski definition) is 5. The van der Waals surface area contributed by atoms with Crippen molar-refractivity contribution >= 4 is 17.7 Å². The molecule has 0 aliphatic carbocycles. The number of primary amides is 1. The lowest BCUT2D eigenvalue weighted by molar-refractivity contribution is -0.147. The van der Waals surface area contributed by atoms with E-state index in [9.17, 15) is 19.5 Å². The summed E-state index contributed by atoms with van der Waals surface area (Å²) >= 11 is 0. The van der Waals surface area contributed by atoms with E-state index < -0.39 is 46.9 Å². The Hall–Kier alpha value is -1.67. The second kappa shape index (κ2) is 5.27. The van der Waals surface area contributed by atoms with Crippen molar-refractivity contribution in [2.75, 3.05) is 7.05 Å². The lowest BCUT2D eigenvalue weighted by Gasteiger charge is -2.37. The minimum atomic E-state index is -1.27. The zero-order valence-electron chi connectivity index (χ0n) is 13.0. The molecule has 5 atom stereocenters. The monoisotopic (exact) mass is 300 g/mol. The van der Waals surface area contributed by atoms with Crippen molar-refractivity contribution in [2.24, 2.45) is 17.4 Å². The molecule has 1 fully saturated rings. The van der Waals surface area contributed by atoms with Crippen molar-refractivity contribution in [3.8, 4) is 0 Å². The molecule has 0 saturated carbocycles. The van der Waals surface area contributed by atoms with Crippen molar-refractivity contribution in [3.05, 3.63) is 0 Å². The molecule has 0 spiro atoms. The molecule has 0 radical (unpaired) electrons. The molecule has 21 heavy (non-hydrogen) atoms. The average molecular weight is 300 g/mol. The minimum Gasteiger partial charge on any atom is -0.391 e. The van der Waals surface area contributed by atoms with Gasteiger partial charge in [-0.3, -0.25) is 14.4 Å². The summed E-state index contributed by atoms with van der Waals surface area (Å²) in [6.07, 6.45) is -1.13. The number of likely N-dealkylation sites (N-methyl/N-ethyl adjacent to an activating group) is 1. The number of nitrogens with one attached hydrogen (secondary N) is 1. The predicted octanol–water partition coefficient (Wildman–Crippen LogP) is -2.08. The van der Waals surface area contributed by atoms with E-state index >= 15 is 0 Å². The van der Waals surface area contributed by atoms with Gasteiger partial charge in [-0.05, 0) is 20.8 Å². The van der Waals surface area contributed by atoms with E-state index in [1.54, 1.807) is 20.8 Å². The van der Waals surface area contributed by atoms with E-state index in [0.717, 1.165) is 4.90 Å². The Labute approximate surface area is 123 Å². The number of rotatable bonds is 4. The highest BCUT2D eigenvalue weighted by Gasteiger charge is 2.58. The van der Waals surface area contributed by atoms with Gasteiger partial charge >= 0.3 is 0 Å². The van der Waals surface area contributed by atoms with Crippen LogP contribution >= 0.6 is 0 Å². The van der Waals surface area contributed by atoms with E-state index in [0.29, 0.717) is 0 Å². The van der Waals surface area contributed by atoms with Crippen LogP contribution in [0.5, 0.6) is 0 Å². The summed E-state index contributed by atoms with van der Waals surface area (Å²) in [5.41, 5.74) is 8.72. The lowest BCUT2D eigenvalue weighted by atomic mass is 9.78. The number of amides is 3. The first-order valence-electron chi connectivity index (χ1n) is 6.73. The van der Waals surface area contributed by atoms with Gasteiger partial charge in [0.1, 0.15) is 11.6 Å². The zero-order chi connectivity index (χ0) is 16.7. The van der Waals surface area contributed by atoms with Crippen molar-refractivity contribution < 1.29 is 19.5 Å². The first-order valence-corrected chi connectivity index (χ1v) is 6.73. The Bertz CT molecular complexity index is 477. The summed E-state index contributed by atoms with van der Waals surface area (Å²) in [5.74, 6) is -2.29. The molecule has 0 aromatic heterocycles. The summed E-state index contributed by atoms with van der Waals surface area (Å²) in [5, 5.41) is 12.2. The summed E-state index contributed by atoms with van der Waals surface area (Å²) in [4.78, 5) is 37.1. The van der Waals surface area contributed by atoms with Crippen LogP contribution in [0.25, 0.3) is 0 Å². The van der Waals surface area contributed by atoms with Gasteiger partial charge in [-0.25, -0.2) is 0 Å². The first-order chi connectivity index (χ1) is 9.37. The molecule has 0 aromatic carbocycles. The number of aliphatic hydroxyl groups is 1. The molecule has 3 amide bonds. The van der Waals surface area contributed by atoms with Crippen molar-refractivity contribution in [3.63, 3.8) is 0 Å². The highest BCUT2D eigenvalue weighted by molar-refractivity contribution is 6.00. The average Bonchev–Trinajstić information content (AvgIpc) is 2.49. The molecule has 6 N–H and O–H groups in total. The summed E-state index contributed by atoms with van der Waals surface area (Å²) < 4.78 is 0. The van der Waals surface area contributed by atoms with Gasteiger partial charge in [0.25, 0.3) is 0 Å². The molecule has 120 valence electrons. The first kappa shape index (κ1) is 17.4. The molecule has 8 heteroatoms. The second-order valence-electron chi connectivity index (χ2n) is 6.16. The van der Waals surface area contributed by atoms with Crippen LogP contribution in [0, 0.1) is 5.92 Å². The Morgan fingerprint density at radius 3 is 2.19 bits per heavy atom. The maximum atomic E-state index is 12.7. The van der Waals surface area contributed by atoms with E-state index in [2.05, 4.69) is 5.32 Å². The summed E-state index contributed by atoms with van der Waals surface area (Å²) in [6, 6.07) is -1.18. The maximum absolute atomic E-state index is 12.7. The van der Waals surface area contributed by atoms with Crippen LogP contribution in [0.1, 0.15) is 27.7 Å². The van der Waals surface area contributed by atoms with Gasteiger partial charge < -0.3 is 26.8 Å². The molecule has 1 saturated heterocycles. The molecular formula is C13H24N4O4. The van der Waals surface area contributed by atoms with Crippen LogP contribution in [0.4, 0.5) is 0 Å². The minimum absolute atomic E-state index is 0.438. The lowest BCUT2D eigenvalue weighted by Crippen LogP contribution is -2.62. The third kappa shape index (κ3) is 2.60. The molecule has 1 rings (SSSR count). The normalized spacial score (nSPS) is 35.0. The van der Waals surface area contributed by atoms with Crippen molar-refractivity contribution in [1.82, 2.24) is 10.2 Å². The number of hydrogen-bond donors (Lipinski definition) is 4. The van der Waals surface area contributed by atoms with Gasteiger partial charge in [-0.2, -0.15) is 0 Å². The van der Waals surface area contributed by atoms with Crippen LogP contribution in [0.15, 0.2) is 0 Å². The molecule has 1 aliphatic heterocycles. The van der Waals surface area contributed by atoms with Crippen LogP contribution < -0.4 is 16.8 Å². The fourth-order valence-electron chi connectivity index (χ4n) is 2.76.